The van der Waals surface area contributed by atoms with Gasteiger partial charge in [-0.2, -0.15) is 0 Å². The van der Waals surface area contributed by atoms with E-state index in [2.05, 4.69) is 350 Å². The number of fused-ring (bicyclic) bond motifs is 26. The second-order valence-corrected chi connectivity index (χ2v) is 29.2. The minimum Gasteiger partial charge on any atom is -0.456 e. The third-order valence-corrected chi connectivity index (χ3v) is 24.0. The summed E-state index contributed by atoms with van der Waals surface area (Å²) in [6.07, 6.45) is 0. The Labute approximate surface area is 619 Å². The lowest BCUT2D eigenvalue weighted by atomic mass is 9.49. The molecule has 24 rings (SSSR count). The minimum atomic E-state index is -1.13. The summed E-state index contributed by atoms with van der Waals surface area (Å²) in [5, 5.41) is 17.6. The second-order valence-electron chi connectivity index (χ2n) is 29.2. The molecule has 108 heavy (non-hydrogen) atoms. The van der Waals surface area contributed by atoms with Crippen molar-refractivity contribution in [3.63, 3.8) is 0 Å². The zero-order valence-electron chi connectivity index (χ0n) is 58.2. The molecular formula is C102H60N2O4. The minimum absolute atomic E-state index is 0.799. The molecule has 2 unspecified atom stereocenters. The molecule has 0 N–H and O–H groups in total. The number of para-hydroxylation sites is 4. The molecule has 0 saturated carbocycles. The van der Waals surface area contributed by atoms with Gasteiger partial charge < -0.3 is 27.5 Å². The van der Waals surface area contributed by atoms with Crippen LogP contribution in [0.4, 0.5) is 34.1 Å². The Kier molecular flexibility index (Phi) is 12.2. The highest BCUT2D eigenvalue weighted by Crippen LogP contribution is 2.73. The molecule has 0 saturated heterocycles. The normalized spacial score (nSPS) is 15.3. The lowest BCUT2D eigenvalue weighted by molar-refractivity contribution is 0.438. The number of hydrogen-bond donors (Lipinski definition) is 0. The van der Waals surface area contributed by atoms with Gasteiger partial charge in [-0.3, -0.25) is 0 Å². The van der Waals surface area contributed by atoms with E-state index in [9.17, 15) is 0 Å². The van der Waals surface area contributed by atoms with Gasteiger partial charge in [-0.05, 0) is 173 Å². The number of furan rings is 4. The van der Waals surface area contributed by atoms with Crippen molar-refractivity contribution in [3.05, 3.63) is 397 Å². The molecule has 6 heteroatoms. The highest BCUT2D eigenvalue weighted by atomic mass is 16.3. The molecule has 0 radical (unpaired) electrons. The lowest BCUT2D eigenvalue weighted by Crippen LogP contribution is -2.50. The van der Waals surface area contributed by atoms with E-state index >= 15 is 0 Å². The van der Waals surface area contributed by atoms with E-state index in [0.717, 1.165) is 165 Å². The molecule has 22 aromatic rings. The maximum Gasteiger partial charge on any atom is 0.137 e. The van der Waals surface area contributed by atoms with Crippen molar-refractivity contribution in [3.8, 4) is 22.3 Å². The molecule has 4 heterocycles. The van der Waals surface area contributed by atoms with Crippen molar-refractivity contribution in [2.75, 3.05) is 9.80 Å². The summed E-state index contributed by atoms with van der Waals surface area (Å²) < 4.78 is 27.6. The van der Waals surface area contributed by atoms with Gasteiger partial charge in [-0.15, -0.1) is 0 Å². The van der Waals surface area contributed by atoms with Crippen molar-refractivity contribution < 1.29 is 17.7 Å². The van der Waals surface area contributed by atoms with Crippen LogP contribution < -0.4 is 9.80 Å². The summed E-state index contributed by atoms with van der Waals surface area (Å²) in [5.41, 5.74) is 21.9. The fraction of sp³-hybridized carbons (Fsp3) is 0.0196. The van der Waals surface area contributed by atoms with E-state index in [1.54, 1.807) is 0 Å². The van der Waals surface area contributed by atoms with Gasteiger partial charge in [0, 0.05) is 101 Å². The highest BCUT2D eigenvalue weighted by molar-refractivity contribution is 6.21. The largest absolute Gasteiger partial charge is 0.456 e. The summed E-state index contributed by atoms with van der Waals surface area (Å²) in [7, 11) is 0. The highest BCUT2D eigenvalue weighted by Gasteiger charge is 2.65. The van der Waals surface area contributed by atoms with Crippen LogP contribution in [-0.4, -0.2) is 0 Å². The van der Waals surface area contributed by atoms with E-state index in [1.165, 1.54) is 55.3 Å². The topological polar surface area (TPSA) is 59.0 Å². The summed E-state index contributed by atoms with van der Waals surface area (Å²) in [6, 6.07) is 135. The van der Waals surface area contributed by atoms with Crippen LogP contribution in [0, 0.1) is 0 Å². The Morgan fingerprint density at radius 3 is 0.769 bits per heavy atom. The number of anilines is 6. The molecule has 6 nitrogen and oxygen atoms in total. The van der Waals surface area contributed by atoms with Crippen molar-refractivity contribution in [1.29, 1.82) is 0 Å². The van der Waals surface area contributed by atoms with E-state index in [4.69, 9.17) is 17.7 Å². The SMILES string of the molecule is c1ccc(C2(C3(c4ccccc4)c4ccc5ccccc5c4-c4c3cc(N(c3ccc5c(c3)oc3ccccc35)c3ccc5c(c3)oc3ccccc35)c3ccccc43)c3ccc4ccccc4c3-c3c2cc(N(c2ccc4c(c2)oc2ccccc24)c2ccc4c(c2)oc2ccccc24)c2ccccc32)cc1. The molecular weight excluding hydrogens is 1320 g/mol. The zero-order valence-corrected chi connectivity index (χ0v) is 58.2. The molecule has 2 atom stereocenters. The second kappa shape index (κ2) is 22.2. The molecule has 0 amide bonds. The summed E-state index contributed by atoms with van der Waals surface area (Å²) in [4.78, 5) is 4.94. The Morgan fingerprint density at radius 1 is 0.176 bits per heavy atom. The molecule has 2 aliphatic rings. The average Bonchev–Trinajstić information content (AvgIpc) is 1.46. The number of rotatable bonds is 9. The number of nitrogens with zero attached hydrogens (tertiary/aromatic N) is 2. The molecule has 0 aliphatic heterocycles. The number of hydrogen-bond acceptors (Lipinski definition) is 6. The van der Waals surface area contributed by atoms with Crippen LogP contribution in [0.15, 0.2) is 382 Å². The maximum atomic E-state index is 6.91. The Bertz CT molecular complexity index is 6930. The fourth-order valence-corrected chi connectivity index (χ4v) is 19.7. The van der Waals surface area contributed by atoms with Crippen molar-refractivity contribution in [2.24, 2.45) is 0 Å². The first kappa shape index (κ1) is 59.2. The molecule has 0 spiro atoms. The molecule has 4 aromatic heterocycles. The number of benzene rings is 18. The first-order valence-electron chi connectivity index (χ1n) is 37.1. The smallest absolute Gasteiger partial charge is 0.137 e. The van der Waals surface area contributed by atoms with Gasteiger partial charge in [0.1, 0.15) is 44.7 Å². The lowest BCUT2D eigenvalue weighted by Gasteiger charge is -2.51. The molecule has 0 fully saturated rings. The van der Waals surface area contributed by atoms with Crippen molar-refractivity contribution >= 4 is 165 Å². The first-order valence-corrected chi connectivity index (χ1v) is 37.1. The standard InChI is InChI=1S/C102H60N2O4/c1-3-25-63(26-4-1)101(83-53-43-61-23-7-9-29-69(61)97(83)99-81-37-13-11-31-71(81)87(59-85(99)101)103(65-45-49-77-73-33-15-19-39-89(73)105-93(77)55-65)66-46-50-78-74-34-16-20-40-90(74)106-94(78)56-66)102(64-27-5-2-6-28-64)84-54-44-62-24-8-10-30-70(62)98(84)100-82-38-14-12-32-72(82)88(60-86(100)102)104(67-47-51-79-75-35-17-21-41-91(75)107-95(79)57-67)68-48-52-80-76-36-18-22-42-92(76)108-96(80)58-68/h1-60H. The predicted molar refractivity (Wildman–Crippen MR) is 445 cm³/mol. The van der Waals surface area contributed by atoms with Crippen LogP contribution in [-0.2, 0) is 10.8 Å². The first-order chi connectivity index (χ1) is 53.5. The summed E-state index contributed by atoms with van der Waals surface area (Å²) in [6.45, 7) is 0. The van der Waals surface area contributed by atoms with Gasteiger partial charge >= 0.3 is 0 Å². The van der Waals surface area contributed by atoms with Crippen molar-refractivity contribution in [1.82, 2.24) is 0 Å². The van der Waals surface area contributed by atoms with Crippen LogP contribution in [0.25, 0.3) is 153 Å². The molecule has 2 aliphatic carbocycles. The van der Waals surface area contributed by atoms with Gasteiger partial charge in [0.05, 0.1) is 22.2 Å². The van der Waals surface area contributed by atoms with E-state index < -0.39 is 10.8 Å². The van der Waals surface area contributed by atoms with Gasteiger partial charge in [-0.1, -0.05) is 255 Å². The summed E-state index contributed by atoms with van der Waals surface area (Å²) >= 11 is 0. The van der Waals surface area contributed by atoms with Crippen LogP contribution in [0.1, 0.15) is 33.4 Å². The summed E-state index contributed by atoms with van der Waals surface area (Å²) in [5.74, 6) is 0. The predicted octanol–water partition coefficient (Wildman–Crippen LogP) is 28.2. The molecule has 0 bridgehead atoms. The van der Waals surface area contributed by atoms with Gasteiger partial charge in [0.15, 0.2) is 0 Å². The van der Waals surface area contributed by atoms with E-state index in [0.29, 0.717) is 0 Å². The monoisotopic (exact) mass is 1380 g/mol. The fourth-order valence-electron chi connectivity index (χ4n) is 19.7. The van der Waals surface area contributed by atoms with Crippen LogP contribution in [0.3, 0.4) is 0 Å². The Hall–Kier alpha value is -14.2. The van der Waals surface area contributed by atoms with Crippen LogP contribution in [0.2, 0.25) is 0 Å². The third kappa shape index (κ3) is 7.94. The van der Waals surface area contributed by atoms with Crippen molar-refractivity contribution in [2.45, 2.75) is 10.8 Å². The van der Waals surface area contributed by atoms with Gasteiger partial charge in [0.2, 0.25) is 0 Å². The Balaban J connectivity index is 0.886. The van der Waals surface area contributed by atoms with Gasteiger partial charge in [-0.25, -0.2) is 0 Å². The molecule has 18 aromatic carbocycles. The van der Waals surface area contributed by atoms with E-state index in [1.807, 2.05) is 24.3 Å². The average molecular weight is 1380 g/mol. The molecule has 502 valence electrons. The van der Waals surface area contributed by atoms with Gasteiger partial charge in [0.25, 0.3) is 0 Å². The third-order valence-electron chi connectivity index (χ3n) is 24.0. The van der Waals surface area contributed by atoms with Crippen LogP contribution in [0.5, 0.6) is 0 Å². The zero-order chi connectivity index (χ0) is 70.5. The maximum absolute atomic E-state index is 6.91. The quantitative estimate of drug-likeness (QED) is 0.144. The van der Waals surface area contributed by atoms with E-state index in [-0.39, 0.29) is 0 Å². The Morgan fingerprint density at radius 2 is 0.435 bits per heavy atom. The van der Waals surface area contributed by atoms with Crippen LogP contribution >= 0.6 is 0 Å².